The molecule has 48 heavy (non-hydrogen) atoms. The highest BCUT2D eigenvalue weighted by molar-refractivity contribution is 4.87. The maximum absolute atomic E-state index is 9.45. The summed E-state index contributed by atoms with van der Waals surface area (Å²) in [6, 6.07) is 0. The average Bonchev–Trinajstić information content (AvgIpc) is 3.09. The van der Waals surface area contributed by atoms with Crippen LogP contribution < -0.4 is 0 Å². The van der Waals surface area contributed by atoms with Gasteiger partial charge in [0.05, 0.1) is 0 Å². The third-order valence-electron chi connectivity index (χ3n) is 12.4. The summed E-state index contributed by atoms with van der Waals surface area (Å²) >= 11 is 0. The Morgan fingerprint density at radius 3 is 1.12 bits per heavy atom. The second-order valence-corrected chi connectivity index (χ2v) is 16.7. The monoisotopic (exact) mass is 677 g/mol. The summed E-state index contributed by atoms with van der Waals surface area (Å²) in [5.41, 5.74) is 0.522. The van der Waals surface area contributed by atoms with Crippen molar-refractivity contribution in [3.05, 3.63) is 0 Å². The molecule has 2 heteroatoms. The van der Waals surface area contributed by atoms with Crippen LogP contribution in [0.1, 0.15) is 270 Å². The van der Waals surface area contributed by atoms with E-state index in [2.05, 4.69) is 6.92 Å². The fourth-order valence-electron chi connectivity index (χ4n) is 9.20. The Labute approximate surface area is 304 Å². The Balaban J connectivity index is 2.97. The molecule has 0 aliphatic heterocycles. The molecule has 1 aliphatic carbocycles. The summed E-state index contributed by atoms with van der Waals surface area (Å²) in [6.07, 6.45) is 57.7. The molecular formula is C46H92O2. The number of unbranched alkanes of at least 4 members (excludes halogenated alkanes) is 14. The molecule has 0 spiro atoms. The van der Waals surface area contributed by atoms with Crippen LogP contribution in [0.2, 0.25) is 0 Å². The number of aliphatic hydroxyl groups is 2. The van der Waals surface area contributed by atoms with Crippen molar-refractivity contribution in [2.75, 3.05) is 13.2 Å². The van der Waals surface area contributed by atoms with Gasteiger partial charge in [0, 0.05) is 13.2 Å². The first kappa shape index (κ1) is 45.9. The second-order valence-electron chi connectivity index (χ2n) is 16.7. The molecule has 0 bridgehead atoms. The van der Waals surface area contributed by atoms with Crippen LogP contribution >= 0.6 is 0 Å². The Hall–Kier alpha value is -0.0800. The number of rotatable bonds is 22. The molecule has 0 heterocycles. The van der Waals surface area contributed by atoms with Gasteiger partial charge in [-0.25, -0.2) is 0 Å². The maximum Gasteiger partial charge on any atom is 0.0431 e. The Bertz CT molecular complexity index is 589. The molecule has 0 aromatic rings. The van der Waals surface area contributed by atoms with Crippen LogP contribution in [0.25, 0.3) is 0 Å². The fraction of sp³-hybridized carbons (Fsp3) is 1.00. The summed E-state index contributed by atoms with van der Waals surface area (Å²) in [5, 5.41) is 18.9. The van der Waals surface area contributed by atoms with E-state index in [0.717, 1.165) is 18.8 Å². The van der Waals surface area contributed by atoms with Gasteiger partial charge in [0.25, 0.3) is 0 Å². The van der Waals surface area contributed by atoms with E-state index in [0.29, 0.717) is 18.6 Å². The second kappa shape index (κ2) is 36.7. The summed E-state index contributed by atoms with van der Waals surface area (Å²) < 4.78 is 0. The van der Waals surface area contributed by atoms with Crippen molar-refractivity contribution in [2.24, 2.45) is 11.3 Å². The van der Waals surface area contributed by atoms with Crippen molar-refractivity contribution in [1.82, 2.24) is 0 Å². The van der Waals surface area contributed by atoms with Crippen LogP contribution in [0.5, 0.6) is 0 Å². The molecule has 0 aromatic carbocycles. The van der Waals surface area contributed by atoms with Gasteiger partial charge in [-0.2, -0.15) is 0 Å². The molecule has 1 fully saturated rings. The number of hydrogen-bond acceptors (Lipinski definition) is 2. The highest BCUT2D eigenvalue weighted by Gasteiger charge is 2.36. The number of hydrogen-bond donors (Lipinski definition) is 2. The molecule has 2 nitrogen and oxygen atoms in total. The Morgan fingerprint density at radius 1 is 0.375 bits per heavy atom. The molecule has 0 radical (unpaired) electrons. The lowest BCUT2D eigenvalue weighted by Gasteiger charge is -2.43. The van der Waals surface area contributed by atoms with Crippen LogP contribution in [0.4, 0.5) is 0 Å². The third kappa shape index (κ3) is 27.6. The van der Waals surface area contributed by atoms with Gasteiger partial charge in [-0.1, -0.05) is 225 Å². The summed E-state index contributed by atoms with van der Waals surface area (Å²) in [7, 11) is 0. The molecule has 1 atom stereocenters. The first-order valence-corrected chi connectivity index (χ1v) is 23.0. The van der Waals surface area contributed by atoms with Crippen molar-refractivity contribution >= 4 is 0 Å². The third-order valence-corrected chi connectivity index (χ3v) is 12.4. The SMILES string of the molecule is CCCCCCCCCCCC1CCCCCCCCCCCCCCCCCCCCCC1(CCCCCCO)CCCCCCO. The lowest BCUT2D eigenvalue weighted by atomic mass is 9.62. The zero-order valence-corrected chi connectivity index (χ0v) is 33.4. The quantitative estimate of drug-likeness (QED) is 0.112. The summed E-state index contributed by atoms with van der Waals surface area (Å²) in [5.74, 6) is 0.902. The van der Waals surface area contributed by atoms with E-state index in [9.17, 15) is 10.2 Å². The Kier molecular flexibility index (Phi) is 35.1. The normalized spacial score (nSPS) is 20.4. The van der Waals surface area contributed by atoms with Crippen molar-refractivity contribution in [3.8, 4) is 0 Å². The van der Waals surface area contributed by atoms with E-state index in [-0.39, 0.29) is 0 Å². The van der Waals surface area contributed by atoms with Gasteiger partial charge in [-0.05, 0) is 56.3 Å². The van der Waals surface area contributed by atoms with Crippen molar-refractivity contribution in [3.63, 3.8) is 0 Å². The molecule has 1 saturated carbocycles. The zero-order valence-electron chi connectivity index (χ0n) is 33.4. The van der Waals surface area contributed by atoms with E-state index >= 15 is 0 Å². The lowest BCUT2D eigenvalue weighted by Crippen LogP contribution is -2.32. The Morgan fingerprint density at radius 2 is 0.708 bits per heavy atom. The van der Waals surface area contributed by atoms with Gasteiger partial charge in [0.15, 0.2) is 0 Å². The highest BCUT2D eigenvalue weighted by Crippen LogP contribution is 2.48. The summed E-state index contributed by atoms with van der Waals surface area (Å²) in [4.78, 5) is 0. The molecular weight excluding hydrogens is 585 g/mol. The molecule has 2 N–H and O–H groups in total. The van der Waals surface area contributed by atoms with Crippen LogP contribution in [0.3, 0.4) is 0 Å². The van der Waals surface area contributed by atoms with E-state index in [1.807, 2.05) is 0 Å². The highest BCUT2D eigenvalue weighted by atomic mass is 16.3. The lowest BCUT2D eigenvalue weighted by molar-refractivity contribution is 0.0811. The van der Waals surface area contributed by atoms with E-state index < -0.39 is 0 Å². The predicted octanol–water partition coefficient (Wildman–Crippen LogP) is 15.6. The van der Waals surface area contributed by atoms with E-state index in [1.165, 1.54) is 250 Å². The minimum absolute atomic E-state index is 0.358. The van der Waals surface area contributed by atoms with E-state index in [4.69, 9.17) is 0 Å². The van der Waals surface area contributed by atoms with Crippen LogP contribution in [-0.4, -0.2) is 23.4 Å². The summed E-state index contributed by atoms with van der Waals surface area (Å²) in [6.45, 7) is 3.04. The van der Waals surface area contributed by atoms with Crippen molar-refractivity contribution in [2.45, 2.75) is 270 Å². The number of aliphatic hydroxyl groups excluding tert-OH is 2. The van der Waals surface area contributed by atoms with Gasteiger partial charge in [0.2, 0.25) is 0 Å². The van der Waals surface area contributed by atoms with Gasteiger partial charge in [0.1, 0.15) is 0 Å². The first-order chi connectivity index (χ1) is 23.8. The molecule has 1 unspecified atom stereocenters. The standard InChI is InChI=1S/C46H92O2/c1-2-3-4-5-6-18-21-24-31-38-45-39-32-25-22-19-16-14-12-10-8-7-9-11-13-15-17-20-23-26-33-40-46(45,41-34-27-29-36-43-47)42-35-28-30-37-44-48/h45,47-48H,2-44H2,1H3. The molecule has 0 amide bonds. The van der Waals surface area contributed by atoms with Crippen molar-refractivity contribution < 1.29 is 10.2 Å². The smallest absolute Gasteiger partial charge is 0.0431 e. The topological polar surface area (TPSA) is 40.5 Å². The van der Waals surface area contributed by atoms with Gasteiger partial charge >= 0.3 is 0 Å². The maximum atomic E-state index is 9.45. The molecule has 288 valence electrons. The first-order valence-electron chi connectivity index (χ1n) is 23.0. The van der Waals surface area contributed by atoms with Gasteiger partial charge in [-0.15, -0.1) is 0 Å². The van der Waals surface area contributed by atoms with Crippen molar-refractivity contribution in [1.29, 1.82) is 0 Å². The van der Waals surface area contributed by atoms with Crippen LogP contribution in [0, 0.1) is 11.3 Å². The van der Waals surface area contributed by atoms with Crippen LogP contribution in [0.15, 0.2) is 0 Å². The van der Waals surface area contributed by atoms with Crippen LogP contribution in [-0.2, 0) is 0 Å². The predicted molar refractivity (Wildman–Crippen MR) is 215 cm³/mol. The average molecular weight is 677 g/mol. The van der Waals surface area contributed by atoms with Gasteiger partial charge in [-0.3, -0.25) is 0 Å². The minimum atomic E-state index is 0.358. The molecule has 0 aromatic heterocycles. The fourth-order valence-corrected chi connectivity index (χ4v) is 9.20. The molecule has 1 rings (SSSR count). The zero-order chi connectivity index (χ0) is 34.5. The van der Waals surface area contributed by atoms with Gasteiger partial charge < -0.3 is 10.2 Å². The molecule has 0 saturated heterocycles. The van der Waals surface area contributed by atoms with E-state index in [1.54, 1.807) is 0 Å². The minimum Gasteiger partial charge on any atom is -0.396 e. The largest absolute Gasteiger partial charge is 0.396 e. The molecule has 1 aliphatic rings.